The average molecular weight is 268 g/mol. The lowest BCUT2D eigenvalue weighted by molar-refractivity contribution is 0.0919. The van der Waals surface area contributed by atoms with E-state index in [1.165, 1.54) is 11.3 Å². The quantitative estimate of drug-likeness (QED) is 0.879. The van der Waals surface area contributed by atoms with Crippen molar-refractivity contribution in [2.45, 2.75) is 45.1 Å². The van der Waals surface area contributed by atoms with Crippen molar-refractivity contribution in [3.05, 3.63) is 16.1 Å². The molecule has 2 N–H and O–H groups in total. The van der Waals surface area contributed by atoms with Gasteiger partial charge in [-0.05, 0) is 18.8 Å². The first-order valence-electron chi connectivity index (χ1n) is 6.49. The fourth-order valence-corrected chi connectivity index (χ4v) is 3.26. The van der Waals surface area contributed by atoms with E-state index >= 15 is 0 Å². The third-order valence-corrected chi connectivity index (χ3v) is 4.33. The fourth-order valence-electron chi connectivity index (χ4n) is 2.40. The second-order valence-corrected chi connectivity index (χ2v) is 6.04. The molecule has 2 rings (SSSR count). The molecule has 2 atom stereocenters. The van der Waals surface area contributed by atoms with Crippen LogP contribution in [0.25, 0.3) is 0 Å². The van der Waals surface area contributed by atoms with E-state index in [0.29, 0.717) is 11.4 Å². The number of nitrogens with one attached hydrogen (secondary N) is 1. The number of aliphatic hydroxyl groups is 1. The van der Waals surface area contributed by atoms with Gasteiger partial charge in [0.25, 0.3) is 5.91 Å². The summed E-state index contributed by atoms with van der Waals surface area (Å²) in [6, 6.07) is 0. The normalized spacial score (nSPS) is 23.6. The molecular weight excluding hydrogens is 248 g/mol. The van der Waals surface area contributed by atoms with Crippen LogP contribution in [0.1, 0.15) is 54.4 Å². The summed E-state index contributed by atoms with van der Waals surface area (Å²) >= 11 is 1.38. The summed E-state index contributed by atoms with van der Waals surface area (Å²) in [6.45, 7) is 4.63. The van der Waals surface area contributed by atoms with Gasteiger partial charge >= 0.3 is 0 Å². The van der Waals surface area contributed by atoms with Gasteiger partial charge in [0.15, 0.2) is 0 Å². The molecule has 100 valence electrons. The van der Waals surface area contributed by atoms with Gasteiger partial charge < -0.3 is 10.4 Å². The van der Waals surface area contributed by atoms with Crippen molar-refractivity contribution in [2.75, 3.05) is 6.54 Å². The molecule has 0 aromatic carbocycles. The van der Waals surface area contributed by atoms with Crippen molar-refractivity contribution in [1.82, 2.24) is 10.3 Å². The largest absolute Gasteiger partial charge is 0.393 e. The Balaban J connectivity index is 1.93. The van der Waals surface area contributed by atoms with E-state index in [2.05, 4.69) is 10.3 Å². The highest BCUT2D eigenvalue weighted by Crippen LogP contribution is 2.25. The molecule has 0 radical (unpaired) electrons. The highest BCUT2D eigenvalue weighted by molar-refractivity contribution is 7.11. The number of thiazole rings is 1. The van der Waals surface area contributed by atoms with Crippen LogP contribution in [0.5, 0.6) is 0 Å². The van der Waals surface area contributed by atoms with E-state index in [-0.39, 0.29) is 23.8 Å². The van der Waals surface area contributed by atoms with Gasteiger partial charge in [0.2, 0.25) is 0 Å². The lowest BCUT2D eigenvalue weighted by Gasteiger charge is -2.15. The molecule has 0 aliphatic heterocycles. The highest BCUT2D eigenvalue weighted by atomic mass is 32.1. The van der Waals surface area contributed by atoms with Gasteiger partial charge in [-0.25, -0.2) is 4.98 Å². The molecule has 0 unspecified atom stereocenters. The molecule has 1 aliphatic carbocycles. The standard InChI is InChI=1S/C13H20N2O2S/c1-8(2)11-12(18-7-15-11)13(17)14-6-9-4-3-5-10(9)16/h7-10,16H,3-6H2,1-2H3,(H,14,17)/t9-,10+/m1/s1. The summed E-state index contributed by atoms with van der Waals surface area (Å²) < 4.78 is 0. The summed E-state index contributed by atoms with van der Waals surface area (Å²) in [5.74, 6) is 0.416. The minimum absolute atomic E-state index is 0.0553. The molecule has 0 spiro atoms. The molecule has 1 saturated carbocycles. The minimum atomic E-state index is -0.253. The molecule has 4 nitrogen and oxygen atoms in total. The fraction of sp³-hybridized carbons (Fsp3) is 0.692. The van der Waals surface area contributed by atoms with Crippen LogP contribution in [0.15, 0.2) is 5.51 Å². The maximum atomic E-state index is 12.1. The number of nitrogens with zero attached hydrogens (tertiary/aromatic N) is 1. The Bertz CT molecular complexity index is 417. The van der Waals surface area contributed by atoms with Crippen molar-refractivity contribution in [3.8, 4) is 0 Å². The van der Waals surface area contributed by atoms with Gasteiger partial charge in [-0.2, -0.15) is 0 Å². The lowest BCUT2D eigenvalue weighted by Crippen LogP contribution is -2.32. The SMILES string of the molecule is CC(C)c1ncsc1C(=O)NC[C@H]1CCC[C@@H]1O. The van der Waals surface area contributed by atoms with Gasteiger partial charge in [-0.15, -0.1) is 11.3 Å². The summed E-state index contributed by atoms with van der Waals surface area (Å²) in [5.41, 5.74) is 2.58. The van der Waals surface area contributed by atoms with Crippen LogP contribution >= 0.6 is 11.3 Å². The van der Waals surface area contributed by atoms with Crippen LogP contribution < -0.4 is 5.32 Å². The summed E-state index contributed by atoms with van der Waals surface area (Å²) in [4.78, 5) is 17.0. The lowest BCUT2D eigenvalue weighted by atomic mass is 10.1. The Kier molecular flexibility index (Phi) is 4.35. The second kappa shape index (κ2) is 5.80. The van der Waals surface area contributed by atoms with Crippen LogP contribution in [-0.4, -0.2) is 28.6 Å². The Morgan fingerprint density at radius 3 is 3.00 bits per heavy atom. The van der Waals surface area contributed by atoms with Crippen LogP contribution in [0.3, 0.4) is 0 Å². The molecule has 1 heterocycles. The second-order valence-electron chi connectivity index (χ2n) is 5.19. The molecular formula is C13H20N2O2S. The first kappa shape index (κ1) is 13.5. The van der Waals surface area contributed by atoms with Crippen molar-refractivity contribution in [2.24, 2.45) is 5.92 Å². The number of hydrogen-bond donors (Lipinski definition) is 2. The number of carbonyl (C=O) groups is 1. The summed E-state index contributed by atoms with van der Waals surface area (Å²) in [6.07, 6.45) is 2.66. The zero-order chi connectivity index (χ0) is 13.1. The van der Waals surface area contributed by atoms with Gasteiger partial charge in [-0.1, -0.05) is 20.3 Å². The van der Waals surface area contributed by atoms with Gasteiger partial charge in [0, 0.05) is 12.5 Å². The molecule has 1 aromatic heterocycles. The summed E-state index contributed by atoms with van der Waals surface area (Å²) in [7, 11) is 0. The third-order valence-electron chi connectivity index (χ3n) is 3.49. The predicted molar refractivity (Wildman–Crippen MR) is 71.9 cm³/mol. The molecule has 18 heavy (non-hydrogen) atoms. The van der Waals surface area contributed by atoms with Crippen LogP contribution in [0.4, 0.5) is 0 Å². The molecule has 0 saturated heterocycles. The zero-order valence-electron chi connectivity index (χ0n) is 10.8. The number of carbonyl (C=O) groups excluding carboxylic acids is 1. The summed E-state index contributed by atoms with van der Waals surface area (Å²) in [5, 5.41) is 12.6. The zero-order valence-corrected chi connectivity index (χ0v) is 11.7. The van der Waals surface area contributed by atoms with E-state index in [1.54, 1.807) is 5.51 Å². The number of aliphatic hydroxyl groups excluding tert-OH is 1. The molecule has 0 bridgehead atoms. The Labute approximate surface area is 111 Å². The topological polar surface area (TPSA) is 62.2 Å². The number of aromatic nitrogens is 1. The molecule has 1 aromatic rings. The van der Waals surface area contributed by atoms with Crippen molar-refractivity contribution < 1.29 is 9.90 Å². The minimum Gasteiger partial charge on any atom is -0.393 e. The van der Waals surface area contributed by atoms with Crippen molar-refractivity contribution >= 4 is 17.2 Å². The maximum absolute atomic E-state index is 12.1. The number of amides is 1. The first-order valence-corrected chi connectivity index (χ1v) is 7.37. The van der Waals surface area contributed by atoms with Gasteiger partial charge in [0.1, 0.15) is 4.88 Å². The highest BCUT2D eigenvalue weighted by Gasteiger charge is 2.26. The predicted octanol–water partition coefficient (Wildman–Crippen LogP) is 2.16. The van der Waals surface area contributed by atoms with E-state index < -0.39 is 0 Å². The van der Waals surface area contributed by atoms with Gasteiger partial charge in [0.05, 0.1) is 17.3 Å². The van der Waals surface area contributed by atoms with E-state index in [1.807, 2.05) is 13.8 Å². The monoisotopic (exact) mass is 268 g/mol. The van der Waals surface area contributed by atoms with Gasteiger partial charge in [-0.3, -0.25) is 4.79 Å². The maximum Gasteiger partial charge on any atom is 0.263 e. The molecule has 5 heteroatoms. The van der Waals surface area contributed by atoms with Crippen LogP contribution in [0.2, 0.25) is 0 Å². The van der Waals surface area contributed by atoms with Crippen LogP contribution in [-0.2, 0) is 0 Å². The third kappa shape index (κ3) is 2.90. The molecule has 1 aliphatic rings. The molecule has 1 amide bonds. The smallest absolute Gasteiger partial charge is 0.263 e. The average Bonchev–Trinajstić information content (AvgIpc) is 2.94. The first-order chi connectivity index (χ1) is 8.59. The van der Waals surface area contributed by atoms with E-state index in [0.717, 1.165) is 25.0 Å². The molecule has 1 fully saturated rings. The Morgan fingerprint density at radius 1 is 1.61 bits per heavy atom. The van der Waals surface area contributed by atoms with E-state index in [4.69, 9.17) is 0 Å². The number of hydrogen-bond acceptors (Lipinski definition) is 4. The Morgan fingerprint density at radius 2 is 2.39 bits per heavy atom. The van der Waals surface area contributed by atoms with Crippen molar-refractivity contribution in [1.29, 1.82) is 0 Å². The Hall–Kier alpha value is -0.940. The van der Waals surface area contributed by atoms with E-state index in [9.17, 15) is 9.90 Å². The van der Waals surface area contributed by atoms with Crippen molar-refractivity contribution in [3.63, 3.8) is 0 Å². The van der Waals surface area contributed by atoms with Crippen LogP contribution in [0, 0.1) is 5.92 Å². The number of rotatable bonds is 4.